The number of aromatic nitrogens is 3. The second kappa shape index (κ2) is 8.67. The first-order chi connectivity index (χ1) is 13.6. The molecule has 1 aliphatic rings. The van der Waals surface area contributed by atoms with Gasteiger partial charge in [-0.25, -0.2) is 9.97 Å². The number of carbonyl (C=O) groups is 1. The van der Waals surface area contributed by atoms with E-state index in [0.29, 0.717) is 11.4 Å². The molecule has 0 radical (unpaired) electrons. The molecule has 9 heteroatoms. The van der Waals surface area contributed by atoms with Crippen molar-refractivity contribution in [1.82, 2.24) is 15.0 Å². The number of carbonyl (C=O) groups excluding carboxylic acids is 1. The molecule has 0 spiro atoms. The largest absolute Gasteiger partial charge is 0.346 e. The van der Waals surface area contributed by atoms with Crippen LogP contribution in [0.2, 0.25) is 0 Å². The molecule has 6 nitrogen and oxygen atoms in total. The number of anilines is 2. The SMILES string of the molecule is Cc1cccc(C)c1NC(=O)CSc1ncnc2nc(N3CCSCC3)sc12. The highest BCUT2D eigenvalue weighted by atomic mass is 32.2. The van der Waals surface area contributed by atoms with E-state index in [2.05, 4.69) is 25.2 Å². The predicted octanol–water partition coefficient (Wildman–Crippen LogP) is 3.99. The Kier molecular flexibility index (Phi) is 6.03. The molecule has 28 heavy (non-hydrogen) atoms. The van der Waals surface area contributed by atoms with Gasteiger partial charge in [-0.3, -0.25) is 4.79 Å². The van der Waals surface area contributed by atoms with E-state index in [9.17, 15) is 4.79 Å². The standard InChI is InChI=1S/C19H21N5OS3/c1-12-4-3-5-13(2)15(12)22-14(25)10-27-18-16-17(20-11-21-18)23-19(28-16)24-6-8-26-9-7-24/h3-5,11H,6-10H2,1-2H3,(H,22,25). The van der Waals surface area contributed by atoms with E-state index in [1.165, 1.54) is 18.1 Å². The van der Waals surface area contributed by atoms with Crippen LogP contribution >= 0.6 is 34.9 Å². The molecular weight excluding hydrogens is 410 g/mol. The van der Waals surface area contributed by atoms with Gasteiger partial charge in [0.05, 0.1) is 5.75 Å². The van der Waals surface area contributed by atoms with Crippen molar-refractivity contribution in [3.63, 3.8) is 0 Å². The number of thiazole rings is 1. The minimum absolute atomic E-state index is 0.0352. The summed E-state index contributed by atoms with van der Waals surface area (Å²) in [4.78, 5) is 28.2. The molecule has 3 heterocycles. The number of fused-ring (bicyclic) bond motifs is 1. The molecule has 4 rings (SSSR count). The average molecular weight is 432 g/mol. The zero-order valence-corrected chi connectivity index (χ0v) is 18.2. The van der Waals surface area contributed by atoms with Crippen molar-refractivity contribution >= 4 is 61.9 Å². The Bertz CT molecular complexity index is 980. The molecule has 1 amide bonds. The van der Waals surface area contributed by atoms with Crippen LogP contribution in [-0.4, -0.2) is 51.2 Å². The summed E-state index contributed by atoms with van der Waals surface area (Å²) >= 11 is 5.03. The molecule has 0 unspecified atom stereocenters. The second-order valence-electron chi connectivity index (χ2n) is 6.53. The number of nitrogens with zero attached hydrogens (tertiary/aromatic N) is 4. The van der Waals surface area contributed by atoms with Crippen LogP contribution in [0.3, 0.4) is 0 Å². The zero-order valence-electron chi connectivity index (χ0n) is 15.8. The number of nitrogens with one attached hydrogen (secondary N) is 1. The molecule has 1 aromatic carbocycles. The first kappa shape index (κ1) is 19.5. The molecular formula is C19H21N5OS3. The van der Waals surface area contributed by atoms with E-state index >= 15 is 0 Å². The Hall–Kier alpha value is -1.84. The fourth-order valence-electron chi connectivity index (χ4n) is 3.04. The number of aryl methyl sites for hydroxylation is 2. The minimum atomic E-state index is -0.0352. The van der Waals surface area contributed by atoms with E-state index in [4.69, 9.17) is 0 Å². The fourth-order valence-corrected chi connectivity index (χ4v) is 5.88. The molecule has 1 saturated heterocycles. The van der Waals surface area contributed by atoms with E-state index < -0.39 is 0 Å². The van der Waals surface area contributed by atoms with Crippen molar-refractivity contribution in [3.05, 3.63) is 35.7 Å². The van der Waals surface area contributed by atoms with Gasteiger partial charge in [0.1, 0.15) is 16.1 Å². The van der Waals surface area contributed by atoms with Gasteiger partial charge in [0.15, 0.2) is 10.8 Å². The quantitative estimate of drug-likeness (QED) is 0.484. The summed E-state index contributed by atoms with van der Waals surface area (Å²) in [5.41, 5.74) is 3.74. The maximum absolute atomic E-state index is 12.5. The molecule has 0 saturated carbocycles. The fraction of sp³-hybridized carbons (Fsp3) is 0.368. The highest BCUT2D eigenvalue weighted by Crippen LogP contribution is 2.34. The summed E-state index contributed by atoms with van der Waals surface area (Å²) < 4.78 is 0.959. The number of hydrogen-bond donors (Lipinski definition) is 1. The molecule has 146 valence electrons. The molecule has 3 aromatic rings. The normalized spacial score (nSPS) is 14.4. The summed E-state index contributed by atoms with van der Waals surface area (Å²) in [6, 6.07) is 6.00. The van der Waals surface area contributed by atoms with Gasteiger partial charge in [0.2, 0.25) is 5.91 Å². The number of rotatable bonds is 5. The van der Waals surface area contributed by atoms with Crippen LogP contribution in [0.5, 0.6) is 0 Å². The van der Waals surface area contributed by atoms with Gasteiger partial charge in [-0.05, 0) is 25.0 Å². The monoisotopic (exact) mass is 431 g/mol. The van der Waals surface area contributed by atoms with Crippen molar-refractivity contribution in [2.24, 2.45) is 0 Å². The lowest BCUT2D eigenvalue weighted by molar-refractivity contribution is -0.113. The molecule has 1 N–H and O–H groups in total. The third-order valence-electron chi connectivity index (χ3n) is 4.51. The summed E-state index contributed by atoms with van der Waals surface area (Å²) in [6.45, 7) is 6.03. The van der Waals surface area contributed by atoms with Crippen LogP contribution < -0.4 is 10.2 Å². The van der Waals surface area contributed by atoms with Gasteiger partial charge in [-0.1, -0.05) is 41.3 Å². The van der Waals surface area contributed by atoms with Crippen molar-refractivity contribution < 1.29 is 4.79 Å². The molecule has 0 bridgehead atoms. The van der Waals surface area contributed by atoms with E-state index in [1.807, 2.05) is 43.8 Å². The van der Waals surface area contributed by atoms with Crippen LogP contribution in [0.25, 0.3) is 10.3 Å². The number of amides is 1. The van der Waals surface area contributed by atoms with Gasteiger partial charge in [-0.2, -0.15) is 16.7 Å². The van der Waals surface area contributed by atoms with Crippen molar-refractivity contribution in [2.75, 3.05) is 40.6 Å². The van der Waals surface area contributed by atoms with Gasteiger partial charge < -0.3 is 10.2 Å². The molecule has 2 aromatic heterocycles. The van der Waals surface area contributed by atoms with Gasteiger partial charge in [0.25, 0.3) is 0 Å². The number of thioether (sulfide) groups is 2. The number of hydrogen-bond acceptors (Lipinski definition) is 8. The highest BCUT2D eigenvalue weighted by Gasteiger charge is 2.18. The highest BCUT2D eigenvalue weighted by molar-refractivity contribution is 8.00. The smallest absolute Gasteiger partial charge is 0.234 e. The van der Waals surface area contributed by atoms with E-state index in [0.717, 1.165) is 56.3 Å². The maximum atomic E-state index is 12.5. The molecule has 0 atom stereocenters. The minimum Gasteiger partial charge on any atom is -0.346 e. The molecule has 0 aliphatic carbocycles. The Labute approximate surface area is 176 Å². The number of para-hydroxylation sites is 1. The van der Waals surface area contributed by atoms with Gasteiger partial charge in [0, 0.05) is 30.3 Å². The summed E-state index contributed by atoms with van der Waals surface area (Å²) in [7, 11) is 0. The van der Waals surface area contributed by atoms with Crippen LogP contribution in [-0.2, 0) is 4.79 Å². The third kappa shape index (κ3) is 4.26. The lowest BCUT2D eigenvalue weighted by Crippen LogP contribution is -2.32. The Balaban J connectivity index is 1.47. The van der Waals surface area contributed by atoms with E-state index in [1.54, 1.807) is 11.3 Å². The topological polar surface area (TPSA) is 71.0 Å². The van der Waals surface area contributed by atoms with Crippen molar-refractivity contribution in [3.8, 4) is 0 Å². The van der Waals surface area contributed by atoms with Crippen LogP contribution in [0.15, 0.2) is 29.6 Å². The predicted molar refractivity (Wildman–Crippen MR) is 120 cm³/mol. The van der Waals surface area contributed by atoms with Crippen molar-refractivity contribution in [2.45, 2.75) is 18.9 Å². The summed E-state index contributed by atoms with van der Waals surface area (Å²) in [5, 5.41) is 4.84. The molecule has 1 fully saturated rings. The van der Waals surface area contributed by atoms with Crippen LogP contribution in [0.4, 0.5) is 10.8 Å². The van der Waals surface area contributed by atoms with Crippen LogP contribution in [0, 0.1) is 13.8 Å². The summed E-state index contributed by atoms with van der Waals surface area (Å²) in [5.74, 6) is 2.52. The lowest BCUT2D eigenvalue weighted by atomic mass is 10.1. The Morgan fingerprint density at radius 2 is 1.96 bits per heavy atom. The summed E-state index contributed by atoms with van der Waals surface area (Å²) in [6.07, 6.45) is 1.53. The van der Waals surface area contributed by atoms with Crippen LogP contribution in [0.1, 0.15) is 11.1 Å². The first-order valence-electron chi connectivity index (χ1n) is 9.05. The Morgan fingerprint density at radius 3 is 2.71 bits per heavy atom. The van der Waals surface area contributed by atoms with Gasteiger partial charge >= 0.3 is 0 Å². The first-order valence-corrected chi connectivity index (χ1v) is 12.0. The second-order valence-corrected chi connectivity index (χ2v) is 9.70. The number of benzene rings is 1. The lowest BCUT2D eigenvalue weighted by Gasteiger charge is -2.25. The van der Waals surface area contributed by atoms with E-state index in [-0.39, 0.29) is 5.91 Å². The average Bonchev–Trinajstić information content (AvgIpc) is 3.15. The zero-order chi connectivity index (χ0) is 19.5. The van der Waals surface area contributed by atoms with Gasteiger partial charge in [-0.15, -0.1) is 0 Å². The van der Waals surface area contributed by atoms with Crippen molar-refractivity contribution in [1.29, 1.82) is 0 Å². The molecule has 1 aliphatic heterocycles. The Morgan fingerprint density at radius 1 is 1.21 bits per heavy atom. The maximum Gasteiger partial charge on any atom is 0.234 e. The third-order valence-corrected chi connectivity index (χ3v) is 7.69.